The van der Waals surface area contributed by atoms with E-state index in [-0.39, 0.29) is 30.4 Å². The van der Waals surface area contributed by atoms with Gasteiger partial charge >= 0.3 is 6.18 Å². The van der Waals surface area contributed by atoms with Gasteiger partial charge in [-0.3, -0.25) is 14.3 Å². The molecule has 1 saturated heterocycles. The van der Waals surface area contributed by atoms with Gasteiger partial charge in [0.15, 0.2) is 8.32 Å². The Morgan fingerprint density at radius 3 is 2.52 bits per heavy atom. The zero-order valence-corrected chi connectivity index (χ0v) is 30.1. The van der Waals surface area contributed by atoms with E-state index in [0.717, 1.165) is 31.4 Å². The van der Waals surface area contributed by atoms with Gasteiger partial charge in [-0.2, -0.15) is 23.4 Å². The standard InChI is InChI=1S/C33H49F3N8O3Si/c1-8-43-26(11-14-39-43)29(46)38-20-32(12-9-21(2)10-13-32)27-18-44-30(41-27)40-25(19-47-48(6,7)31(3,4)5)24(42-44)16-22-15-23(33(34,35)36)17-37-28(22)45/h11,14,18,21-23H,8-10,12-13,15-17,19-20H2,1-7H3,(H,37,45)(H,38,46)/t21?,22-,23-,32?/m1/s1. The number of fused-ring (bicyclic) bond motifs is 1. The molecule has 1 aliphatic heterocycles. The van der Waals surface area contributed by atoms with Gasteiger partial charge < -0.3 is 15.1 Å². The number of alkyl halides is 3. The molecule has 1 saturated carbocycles. The number of hydrogen-bond acceptors (Lipinski definition) is 7. The molecule has 0 aromatic carbocycles. The van der Waals surface area contributed by atoms with Crippen LogP contribution < -0.4 is 10.6 Å². The number of aryl methyl sites for hydroxylation is 1. The molecule has 1 aliphatic carbocycles. The Morgan fingerprint density at radius 2 is 1.88 bits per heavy atom. The van der Waals surface area contributed by atoms with E-state index >= 15 is 0 Å². The predicted molar refractivity (Wildman–Crippen MR) is 177 cm³/mol. The van der Waals surface area contributed by atoms with Crippen LogP contribution in [0.25, 0.3) is 5.78 Å². The van der Waals surface area contributed by atoms with Gasteiger partial charge in [0.25, 0.3) is 11.7 Å². The summed E-state index contributed by atoms with van der Waals surface area (Å²) in [6.07, 6.45) is 2.24. The highest BCUT2D eigenvalue weighted by Gasteiger charge is 2.45. The summed E-state index contributed by atoms with van der Waals surface area (Å²) in [6.45, 7) is 15.4. The molecule has 15 heteroatoms. The molecule has 48 heavy (non-hydrogen) atoms. The van der Waals surface area contributed by atoms with Gasteiger partial charge in [-0.15, -0.1) is 0 Å². The fourth-order valence-corrected chi connectivity index (χ4v) is 7.33. The van der Waals surface area contributed by atoms with E-state index < -0.39 is 44.2 Å². The molecule has 3 aromatic heterocycles. The molecule has 0 unspecified atom stereocenters. The fourth-order valence-electron chi connectivity index (χ4n) is 6.40. The van der Waals surface area contributed by atoms with E-state index in [9.17, 15) is 22.8 Å². The number of carbonyl (C=O) groups is 2. The predicted octanol–water partition coefficient (Wildman–Crippen LogP) is 5.60. The van der Waals surface area contributed by atoms with Crippen molar-refractivity contribution in [2.24, 2.45) is 17.8 Å². The molecular weight excluding hydrogens is 641 g/mol. The lowest BCUT2D eigenvalue weighted by molar-refractivity contribution is -0.183. The Labute approximate surface area is 280 Å². The van der Waals surface area contributed by atoms with Crippen molar-refractivity contribution >= 4 is 25.9 Å². The highest BCUT2D eigenvalue weighted by Crippen LogP contribution is 2.41. The van der Waals surface area contributed by atoms with Crippen molar-refractivity contribution in [1.82, 2.24) is 40.0 Å². The molecule has 4 heterocycles. The summed E-state index contributed by atoms with van der Waals surface area (Å²) in [6, 6.07) is 1.70. The molecule has 2 aliphatic rings. The van der Waals surface area contributed by atoms with E-state index in [2.05, 4.69) is 56.5 Å². The fraction of sp³-hybridized carbons (Fsp3) is 0.697. The van der Waals surface area contributed by atoms with Crippen LogP contribution in [0, 0.1) is 17.8 Å². The smallest absolute Gasteiger partial charge is 0.393 e. The zero-order chi connectivity index (χ0) is 35.1. The maximum absolute atomic E-state index is 13.7. The Hall–Kier alpha value is -3.33. The molecule has 0 spiro atoms. The summed E-state index contributed by atoms with van der Waals surface area (Å²) < 4.78 is 50.7. The minimum Gasteiger partial charge on any atom is -0.411 e. The van der Waals surface area contributed by atoms with Crippen molar-refractivity contribution < 1.29 is 27.2 Å². The van der Waals surface area contributed by atoms with Crippen LogP contribution in [0.15, 0.2) is 18.5 Å². The molecule has 11 nitrogen and oxygen atoms in total. The maximum atomic E-state index is 13.7. The van der Waals surface area contributed by atoms with Crippen LogP contribution in [0.2, 0.25) is 18.1 Å². The normalized spacial score (nSPS) is 24.1. The third-order valence-electron chi connectivity index (χ3n) is 10.8. The topological polar surface area (TPSA) is 128 Å². The summed E-state index contributed by atoms with van der Waals surface area (Å²) in [5, 5.41) is 14.6. The Balaban J connectivity index is 1.49. The number of rotatable bonds is 10. The van der Waals surface area contributed by atoms with Gasteiger partial charge in [-0.05, 0) is 69.1 Å². The van der Waals surface area contributed by atoms with E-state index in [1.807, 2.05) is 13.1 Å². The van der Waals surface area contributed by atoms with Crippen LogP contribution in [-0.2, 0) is 34.2 Å². The summed E-state index contributed by atoms with van der Waals surface area (Å²) in [7, 11) is -2.24. The summed E-state index contributed by atoms with van der Waals surface area (Å²) >= 11 is 0. The van der Waals surface area contributed by atoms with E-state index in [1.54, 1.807) is 21.5 Å². The molecule has 264 valence electrons. The van der Waals surface area contributed by atoms with Crippen molar-refractivity contribution in [1.29, 1.82) is 0 Å². The average molecular weight is 691 g/mol. The number of nitrogens with one attached hydrogen (secondary N) is 2. The number of nitrogens with zero attached hydrogens (tertiary/aromatic N) is 6. The summed E-state index contributed by atoms with van der Waals surface area (Å²) in [5.74, 6) is -2.28. The van der Waals surface area contributed by atoms with Crippen molar-refractivity contribution in [3.63, 3.8) is 0 Å². The van der Waals surface area contributed by atoms with Crippen LogP contribution in [0.5, 0.6) is 0 Å². The first-order chi connectivity index (χ1) is 22.4. The van der Waals surface area contributed by atoms with Gasteiger partial charge in [0.2, 0.25) is 5.91 Å². The van der Waals surface area contributed by atoms with Gasteiger partial charge in [0.05, 0.1) is 35.8 Å². The molecule has 2 N–H and O–H groups in total. The molecule has 2 amide bonds. The largest absolute Gasteiger partial charge is 0.411 e. The van der Waals surface area contributed by atoms with E-state index in [4.69, 9.17) is 19.5 Å². The highest BCUT2D eigenvalue weighted by molar-refractivity contribution is 6.74. The van der Waals surface area contributed by atoms with E-state index in [0.29, 0.717) is 41.9 Å². The van der Waals surface area contributed by atoms with Crippen molar-refractivity contribution in [3.05, 3.63) is 41.2 Å². The lowest BCUT2D eigenvalue weighted by Gasteiger charge is -2.38. The van der Waals surface area contributed by atoms with Crippen LogP contribution >= 0.6 is 0 Å². The Bertz CT molecular complexity index is 1620. The van der Waals surface area contributed by atoms with Crippen LogP contribution in [0.3, 0.4) is 0 Å². The highest BCUT2D eigenvalue weighted by atomic mass is 28.4. The minimum atomic E-state index is -4.41. The number of halogens is 3. The number of hydrogen-bond donors (Lipinski definition) is 2. The van der Waals surface area contributed by atoms with Gasteiger partial charge in [0.1, 0.15) is 5.69 Å². The zero-order valence-electron chi connectivity index (χ0n) is 29.1. The monoisotopic (exact) mass is 690 g/mol. The molecule has 2 atom stereocenters. The second kappa shape index (κ2) is 13.5. The summed E-state index contributed by atoms with van der Waals surface area (Å²) in [5.41, 5.74) is 1.67. The molecular formula is C33H49F3N8O3Si. The van der Waals surface area contributed by atoms with Gasteiger partial charge in [-0.1, -0.05) is 27.7 Å². The van der Waals surface area contributed by atoms with Crippen LogP contribution in [-0.4, -0.2) is 68.8 Å². The number of carbonyl (C=O) groups excluding carboxylic acids is 2. The second-order valence-electron chi connectivity index (χ2n) is 15.2. The number of piperidine rings is 1. The quantitative estimate of drug-likeness (QED) is 0.265. The van der Waals surface area contributed by atoms with E-state index in [1.165, 1.54) is 0 Å². The Morgan fingerprint density at radius 1 is 1.17 bits per heavy atom. The molecule has 0 bridgehead atoms. The Kier molecular flexibility index (Phi) is 10.1. The van der Waals surface area contributed by atoms with Gasteiger partial charge in [0, 0.05) is 43.6 Å². The third kappa shape index (κ3) is 7.61. The number of imidazole rings is 1. The van der Waals surface area contributed by atoms with Crippen LogP contribution in [0.1, 0.15) is 94.3 Å². The lowest BCUT2D eigenvalue weighted by atomic mass is 9.69. The minimum absolute atomic E-state index is 0.00507. The number of amides is 2. The van der Waals surface area contributed by atoms with Crippen molar-refractivity contribution in [2.45, 2.75) is 116 Å². The van der Waals surface area contributed by atoms with Gasteiger partial charge in [-0.25, -0.2) is 14.5 Å². The third-order valence-corrected chi connectivity index (χ3v) is 15.3. The molecule has 2 fully saturated rings. The maximum Gasteiger partial charge on any atom is 0.393 e. The molecule has 3 aromatic rings. The average Bonchev–Trinajstić information content (AvgIpc) is 3.67. The van der Waals surface area contributed by atoms with Crippen molar-refractivity contribution in [3.8, 4) is 0 Å². The first-order valence-corrected chi connectivity index (χ1v) is 19.9. The van der Waals surface area contributed by atoms with Crippen molar-refractivity contribution in [2.75, 3.05) is 13.1 Å². The molecule has 5 rings (SSSR count). The first kappa shape index (κ1) is 36.0. The first-order valence-electron chi connectivity index (χ1n) is 17.0. The second-order valence-corrected chi connectivity index (χ2v) is 20.0. The molecule has 0 radical (unpaired) electrons. The lowest BCUT2D eigenvalue weighted by Crippen LogP contribution is -2.47. The summed E-state index contributed by atoms with van der Waals surface area (Å²) in [4.78, 5) is 35.9. The SMILES string of the molecule is CCn1nccc1C(=O)NCC1(c2cn3nc(C[C@H]4C[C@@H](C(F)(F)F)CNC4=O)c(CO[Si](C)(C)C(C)(C)C)nc3n2)CCC(C)CC1. The van der Waals surface area contributed by atoms with Crippen LogP contribution in [0.4, 0.5) is 13.2 Å². The number of aromatic nitrogens is 6.